The fourth-order valence-corrected chi connectivity index (χ4v) is 4.23. The monoisotopic (exact) mass is 507 g/mol. The molecule has 0 unspecified atom stereocenters. The number of carbonyl (C=O) groups excluding carboxylic acids is 2. The first-order valence-electron chi connectivity index (χ1n) is 10.3. The maximum atomic E-state index is 12.7. The fraction of sp³-hybridized carbons (Fsp3) is 0.391. The van der Waals surface area contributed by atoms with Crippen molar-refractivity contribution in [2.45, 2.75) is 20.3 Å². The van der Waals surface area contributed by atoms with E-state index in [1.165, 1.54) is 7.11 Å². The minimum atomic E-state index is -0.278. The first-order chi connectivity index (χ1) is 14.8. The number of amides is 2. The number of nitrogens with one attached hydrogen (secondary N) is 1. The van der Waals surface area contributed by atoms with Crippen LogP contribution < -0.4 is 15.0 Å². The molecule has 1 aliphatic heterocycles. The summed E-state index contributed by atoms with van der Waals surface area (Å²) < 4.78 is 6.08. The first kappa shape index (κ1) is 23.4. The molecule has 1 fully saturated rings. The van der Waals surface area contributed by atoms with Crippen molar-refractivity contribution in [3.63, 3.8) is 0 Å². The lowest BCUT2D eigenvalue weighted by molar-refractivity contribution is -0.132. The third kappa shape index (κ3) is 5.92. The highest BCUT2D eigenvalue weighted by molar-refractivity contribution is 9.10. The van der Waals surface area contributed by atoms with Crippen LogP contribution in [0.4, 0.5) is 11.4 Å². The second-order valence-corrected chi connectivity index (χ2v) is 9.25. The highest BCUT2D eigenvalue weighted by Gasteiger charge is 2.23. The normalized spacial score (nSPS) is 14.0. The molecule has 2 amide bonds. The van der Waals surface area contributed by atoms with Gasteiger partial charge < -0.3 is 19.9 Å². The predicted molar refractivity (Wildman–Crippen MR) is 128 cm³/mol. The van der Waals surface area contributed by atoms with Crippen molar-refractivity contribution < 1.29 is 14.3 Å². The summed E-state index contributed by atoms with van der Waals surface area (Å²) in [6, 6.07) is 10.7. The molecule has 0 bridgehead atoms. The zero-order chi connectivity index (χ0) is 22.5. The van der Waals surface area contributed by atoms with Gasteiger partial charge in [-0.25, -0.2) is 0 Å². The Bertz CT molecular complexity index is 959. The number of rotatable bonds is 6. The van der Waals surface area contributed by atoms with Crippen molar-refractivity contribution in [2.75, 3.05) is 43.5 Å². The molecule has 0 atom stereocenters. The quantitative estimate of drug-likeness (QED) is 0.593. The van der Waals surface area contributed by atoms with E-state index in [2.05, 4.69) is 40.0 Å². The van der Waals surface area contributed by atoms with Gasteiger partial charge in [0, 0.05) is 42.8 Å². The van der Waals surface area contributed by atoms with Crippen LogP contribution in [0.15, 0.2) is 40.9 Å². The van der Waals surface area contributed by atoms with E-state index in [9.17, 15) is 9.59 Å². The summed E-state index contributed by atoms with van der Waals surface area (Å²) in [5, 5.41) is 3.43. The molecule has 0 spiro atoms. The Balaban J connectivity index is 1.65. The van der Waals surface area contributed by atoms with Gasteiger partial charge in [-0.15, -0.1) is 0 Å². The van der Waals surface area contributed by atoms with Crippen LogP contribution in [0.3, 0.4) is 0 Å². The summed E-state index contributed by atoms with van der Waals surface area (Å²) in [5.41, 5.74) is 1.93. The Morgan fingerprint density at radius 1 is 1.13 bits per heavy atom. The van der Waals surface area contributed by atoms with Gasteiger partial charge in [-0.3, -0.25) is 9.59 Å². The van der Waals surface area contributed by atoms with Crippen molar-refractivity contribution in [3.8, 4) is 5.75 Å². The zero-order valence-electron chi connectivity index (χ0n) is 18.0. The van der Waals surface area contributed by atoms with Gasteiger partial charge in [0.1, 0.15) is 5.75 Å². The minimum absolute atomic E-state index is 0.210. The molecule has 2 aromatic carbocycles. The fourth-order valence-electron chi connectivity index (χ4n) is 3.57. The van der Waals surface area contributed by atoms with Crippen LogP contribution in [0.5, 0.6) is 5.75 Å². The maximum absolute atomic E-state index is 12.7. The number of halogens is 2. The molecular weight excluding hydrogens is 482 g/mol. The predicted octanol–water partition coefficient (Wildman–Crippen LogP) is 5.06. The van der Waals surface area contributed by atoms with E-state index in [4.69, 9.17) is 16.3 Å². The number of ether oxygens (including phenoxy) is 1. The molecule has 1 N–H and O–H groups in total. The molecule has 31 heavy (non-hydrogen) atoms. The molecule has 166 valence electrons. The van der Waals surface area contributed by atoms with Gasteiger partial charge in [0.05, 0.1) is 23.4 Å². The van der Waals surface area contributed by atoms with Gasteiger partial charge in [0.15, 0.2) is 0 Å². The van der Waals surface area contributed by atoms with Crippen LogP contribution in [0.2, 0.25) is 5.02 Å². The minimum Gasteiger partial charge on any atom is -0.496 e. The lowest BCUT2D eigenvalue weighted by Crippen LogP contribution is -2.49. The molecule has 0 aliphatic carbocycles. The highest BCUT2D eigenvalue weighted by atomic mass is 79.9. The summed E-state index contributed by atoms with van der Waals surface area (Å²) in [6.07, 6.45) is 0.581. The molecule has 0 aromatic heterocycles. The van der Waals surface area contributed by atoms with Crippen LogP contribution in [0.1, 0.15) is 30.6 Å². The molecule has 1 heterocycles. The first-order valence-corrected chi connectivity index (χ1v) is 11.4. The van der Waals surface area contributed by atoms with Crippen molar-refractivity contribution in [1.82, 2.24) is 4.90 Å². The topological polar surface area (TPSA) is 61.9 Å². The number of carbonyl (C=O) groups is 2. The number of hydrogen-bond donors (Lipinski definition) is 1. The third-order valence-electron chi connectivity index (χ3n) is 5.17. The van der Waals surface area contributed by atoms with Gasteiger partial charge >= 0.3 is 0 Å². The summed E-state index contributed by atoms with van der Waals surface area (Å²) >= 11 is 9.92. The van der Waals surface area contributed by atoms with Gasteiger partial charge in [-0.05, 0) is 42.3 Å². The Labute approximate surface area is 196 Å². The van der Waals surface area contributed by atoms with Crippen LogP contribution in [-0.4, -0.2) is 50.0 Å². The second kappa shape index (κ2) is 10.4. The number of hydrogen-bond acceptors (Lipinski definition) is 4. The molecule has 0 saturated carbocycles. The van der Waals surface area contributed by atoms with Gasteiger partial charge in [-0.1, -0.05) is 41.4 Å². The SMILES string of the molecule is COc1ccc(Br)cc1C(=O)Nc1ccc(N2CCN(C(=O)CC(C)C)CC2)c(Cl)c1. The second-order valence-electron chi connectivity index (χ2n) is 7.93. The van der Waals surface area contributed by atoms with Crippen LogP contribution >= 0.6 is 27.5 Å². The van der Waals surface area contributed by atoms with E-state index in [1.807, 2.05) is 23.1 Å². The summed E-state index contributed by atoms with van der Waals surface area (Å²) in [6.45, 7) is 6.93. The average Bonchev–Trinajstić information content (AvgIpc) is 2.73. The Kier molecular flexibility index (Phi) is 7.84. The van der Waals surface area contributed by atoms with Crippen LogP contribution in [0, 0.1) is 5.92 Å². The van der Waals surface area contributed by atoms with Crippen molar-refractivity contribution >= 4 is 50.7 Å². The summed E-state index contributed by atoms with van der Waals surface area (Å²) in [7, 11) is 1.53. The number of methoxy groups -OCH3 is 1. The van der Waals surface area contributed by atoms with E-state index in [0.29, 0.717) is 47.5 Å². The Morgan fingerprint density at radius 3 is 2.45 bits per heavy atom. The standard InChI is InChI=1S/C23H27BrClN3O3/c1-15(2)12-22(29)28-10-8-27(9-11-28)20-6-5-17(14-19(20)25)26-23(30)18-13-16(24)4-7-21(18)31-3/h4-7,13-15H,8-12H2,1-3H3,(H,26,30). The number of anilines is 2. The van der Waals surface area contributed by atoms with Crippen molar-refractivity contribution in [2.24, 2.45) is 5.92 Å². The lowest BCUT2D eigenvalue weighted by atomic mass is 10.1. The smallest absolute Gasteiger partial charge is 0.259 e. The van der Waals surface area contributed by atoms with Gasteiger partial charge in [0.2, 0.25) is 5.91 Å². The molecule has 1 saturated heterocycles. The van der Waals surface area contributed by atoms with E-state index in [0.717, 1.165) is 23.2 Å². The zero-order valence-corrected chi connectivity index (χ0v) is 20.3. The van der Waals surface area contributed by atoms with E-state index in [-0.39, 0.29) is 11.8 Å². The molecule has 8 heteroatoms. The van der Waals surface area contributed by atoms with Crippen molar-refractivity contribution in [3.05, 3.63) is 51.5 Å². The van der Waals surface area contributed by atoms with Crippen LogP contribution in [-0.2, 0) is 4.79 Å². The van der Waals surface area contributed by atoms with Crippen LogP contribution in [0.25, 0.3) is 0 Å². The molecule has 0 radical (unpaired) electrons. The lowest BCUT2D eigenvalue weighted by Gasteiger charge is -2.36. The van der Waals surface area contributed by atoms with E-state index >= 15 is 0 Å². The Morgan fingerprint density at radius 2 is 1.84 bits per heavy atom. The molecule has 3 rings (SSSR count). The number of piperazine rings is 1. The van der Waals surface area contributed by atoms with Gasteiger partial charge in [0.25, 0.3) is 5.91 Å². The largest absolute Gasteiger partial charge is 0.496 e. The van der Waals surface area contributed by atoms with Gasteiger partial charge in [-0.2, -0.15) is 0 Å². The van der Waals surface area contributed by atoms with E-state index < -0.39 is 0 Å². The number of nitrogens with zero attached hydrogens (tertiary/aromatic N) is 2. The summed E-state index contributed by atoms with van der Waals surface area (Å²) in [4.78, 5) is 29.1. The molecule has 6 nitrogen and oxygen atoms in total. The number of benzene rings is 2. The highest BCUT2D eigenvalue weighted by Crippen LogP contribution is 2.31. The average molecular weight is 509 g/mol. The Hall–Kier alpha value is -2.25. The molecule has 1 aliphatic rings. The third-order valence-corrected chi connectivity index (χ3v) is 5.96. The summed E-state index contributed by atoms with van der Waals surface area (Å²) in [5.74, 6) is 0.786. The maximum Gasteiger partial charge on any atom is 0.259 e. The molecule has 2 aromatic rings. The molecular formula is C23H27BrClN3O3. The van der Waals surface area contributed by atoms with Crippen molar-refractivity contribution in [1.29, 1.82) is 0 Å². The van der Waals surface area contributed by atoms with E-state index in [1.54, 1.807) is 18.2 Å².